The van der Waals surface area contributed by atoms with Gasteiger partial charge in [0.25, 0.3) is 0 Å². The van der Waals surface area contributed by atoms with Crippen LogP contribution < -0.4 is 4.74 Å². The molecule has 2 aliphatic carbocycles. The summed E-state index contributed by atoms with van der Waals surface area (Å²) in [6.07, 6.45) is 3.50. The van der Waals surface area contributed by atoms with E-state index >= 15 is 0 Å². The molecule has 3 nitrogen and oxygen atoms in total. The highest BCUT2D eigenvalue weighted by molar-refractivity contribution is 5.99. The van der Waals surface area contributed by atoms with E-state index in [0.29, 0.717) is 11.8 Å². The Balaban J connectivity index is 1.64. The van der Waals surface area contributed by atoms with Crippen molar-refractivity contribution >= 4 is 11.6 Å². The molecule has 0 saturated heterocycles. The first-order valence-corrected chi connectivity index (χ1v) is 9.37. The summed E-state index contributed by atoms with van der Waals surface area (Å²) in [5.41, 5.74) is 2.71. The van der Waals surface area contributed by atoms with Crippen molar-refractivity contribution in [2.24, 2.45) is 17.8 Å². The monoisotopic (exact) mass is 348 g/mol. The van der Waals surface area contributed by atoms with Crippen molar-refractivity contribution in [3.8, 4) is 5.75 Å². The number of ether oxygens (including phenoxy) is 1. The van der Waals surface area contributed by atoms with E-state index in [1.54, 1.807) is 14.0 Å². The van der Waals surface area contributed by atoms with Crippen LogP contribution in [0.25, 0.3) is 0 Å². The Bertz CT molecular complexity index is 820. The van der Waals surface area contributed by atoms with Gasteiger partial charge in [0.05, 0.1) is 7.11 Å². The lowest BCUT2D eigenvalue weighted by Crippen LogP contribution is -2.28. The number of rotatable bonds is 5. The van der Waals surface area contributed by atoms with Crippen molar-refractivity contribution in [2.75, 3.05) is 7.11 Å². The molecule has 4 rings (SSSR count). The summed E-state index contributed by atoms with van der Waals surface area (Å²) < 4.78 is 5.21. The van der Waals surface area contributed by atoms with Crippen LogP contribution in [0.3, 0.4) is 0 Å². The van der Waals surface area contributed by atoms with Gasteiger partial charge in [-0.05, 0) is 73.8 Å². The predicted octanol–water partition coefficient (Wildman–Crippen LogP) is 4.91. The molecule has 2 aromatic carbocycles. The van der Waals surface area contributed by atoms with Crippen LogP contribution in [-0.2, 0) is 0 Å². The van der Waals surface area contributed by atoms with Gasteiger partial charge in [-0.3, -0.25) is 9.59 Å². The molecule has 26 heavy (non-hydrogen) atoms. The first-order valence-electron chi connectivity index (χ1n) is 9.37. The Labute approximate surface area is 154 Å². The maximum Gasteiger partial charge on any atom is 0.166 e. The highest BCUT2D eigenvalue weighted by Crippen LogP contribution is 2.57. The second-order valence-corrected chi connectivity index (χ2v) is 7.66. The zero-order valence-electron chi connectivity index (χ0n) is 15.3. The number of carbonyl (C=O) groups excluding carboxylic acids is 2. The third kappa shape index (κ3) is 2.86. The zero-order valence-corrected chi connectivity index (χ0v) is 15.3. The highest BCUT2D eigenvalue weighted by atomic mass is 16.5. The molecule has 2 aromatic rings. The minimum Gasteiger partial charge on any atom is -0.497 e. The van der Waals surface area contributed by atoms with Crippen LogP contribution >= 0.6 is 0 Å². The molecular weight excluding hydrogens is 324 g/mol. The molecule has 0 heterocycles. The molecule has 134 valence electrons. The van der Waals surface area contributed by atoms with Gasteiger partial charge in [0.1, 0.15) is 5.75 Å². The molecule has 2 aliphatic rings. The first kappa shape index (κ1) is 17.0. The van der Waals surface area contributed by atoms with Gasteiger partial charge in [-0.1, -0.05) is 24.3 Å². The van der Waals surface area contributed by atoms with Crippen molar-refractivity contribution < 1.29 is 14.3 Å². The fourth-order valence-electron chi connectivity index (χ4n) is 5.04. The number of hydrogen-bond acceptors (Lipinski definition) is 3. The summed E-state index contributed by atoms with van der Waals surface area (Å²) >= 11 is 0. The average Bonchev–Trinajstić information content (AvgIpc) is 3.29. The molecule has 2 saturated carbocycles. The third-order valence-electron chi connectivity index (χ3n) is 6.30. The van der Waals surface area contributed by atoms with Crippen molar-refractivity contribution in [3.63, 3.8) is 0 Å². The van der Waals surface area contributed by atoms with Gasteiger partial charge in [-0.25, -0.2) is 0 Å². The Morgan fingerprint density at radius 3 is 2.12 bits per heavy atom. The maximum atomic E-state index is 13.3. The largest absolute Gasteiger partial charge is 0.497 e. The number of benzene rings is 2. The summed E-state index contributed by atoms with van der Waals surface area (Å²) in [6, 6.07) is 15.4. The number of hydrogen-bond donors (Lipinski definition) is 0. The fraction of sp³-hybridized carbons (Fsp3) is 0.391. The molecule has 0 amide bonds. The van der Waals surface area contributed by atoms with E-state index in [1.807, 2.05) is 36.4 Å². The molecule has 0 aromatic heterocycles. The van der Waals surface area contributed by atoms with Gasteiger partial charge in [-0.2, -0.15) is 0 Å². The van der Waals surface area contributed by atoms with E-state index in [0.717, 1.165) is 29.7 Å². The van der Waals surface area contributed by atoms with Crippen molar-refractivity contribution in [1.82, 2.24) is 0 Å². The molecule has 2 fully saturated rings. The van der Waals surface area contributed by atoms with Crippen LogP contribution in [0.1, 0.15) is 58.4 Å². The van der Waals surface area contributed by atoms with Gasteiger partial charge >= 0.3 is 0 Å². The summed E-state index contributed by atoms with van der Waals surface area (Å²) in [7, 11) is 1.63. The molecule has 2 bridgehead atoms. The SMILES string of the molecule is COc1ccc(C(=O)[C@@H]2[C@H]3CC[C@H](C3)[C@@H]2c2ccc(C(C)=O)cc2)cc1. The first-order chi connectivity index (χ1) is 12.6. The van der Waals surface area contributed by atoms with E-state index in [-0.39, 0.29) is 23.4 Å². The number of carbonyl (C=O) groups is 2. The number of Topliss-reactive ketones (excluding diaryl/α,β-unsaturated/α-hetero) is 2. The molecule has 4 atom stereocenters. The summed E-state index contributed by atoms with van der Waals surface area (Å²) in [5.74, 6) is 2.47. The molecule has 0 radical (unpaired) electrons. The van der Waals surface area contributed by atoms with Gasteiger partial charge in [0.2, 0.25) is 0 Å². The van der Waals surface area contributed by atoms with Gasteiger partial charge in [-0.15, -0.1) is 0 Å². The number of ketones is 2. The molecule has 0 spiro atoms. The number of fused-ring (bicyclic) bond motifs is 2. The van der Waals surface area contributed by atoms with E-state index < -0.39 is 0 Å². The highest BCUT2D eigenvalue weighted by Gasteiger charge is 2.51. The minimum absolute atomic E-state index is 0.0466. The molecule has 3 heteroatoms. The topological polar surface area (TPSA) is 43.4 Å². The van der Waals surface area contributed by atoms with E-state index in [4.69, 9.17) is 4.74 Å². The van der Waals surface area contributed by atoms with Crippen LogP contribution in [0.2, 0.25) is 0 Å². The maximum absolute atomic E-state index is 13.3. The summed E-state index contributed by atoms with van der Waals surface area (Å²) in [5, 5.41) is 0. The lowest BCUT2D eigenvalue weighted by Gasteiger charge is -2.30. The molecule has 0 aliphatic heterocycles. The Kier molecular flexibility index (Phi) is 4.39. The van der Waals surface area contributed by atoms with Crippen LogP contribution in [0.4, 0.5) is 0 Å². The van der Waals surface area contributed by atoms with Gasteiger partial charge in [0, 0.05) is 17.0 Å². The Morgan fingerprint density at radius 2 is 1.50 bits per heavy atom. The van der Waals surface area contributed by atoms with E-state index in [1.165, 1.54) is 12.0 Å². The Morgan fingerprint density at radius 1 is 0.885 bits per heavy atom. The fourth-order valence-corrected chi connectivity index (χ4v) is 5.04. The smallest absolute Gasteiger partial charge is 0.166 e. The van der Waals surface area contributed by atoms with Crippen molar-refractivity contribution in [3.05, 3.63) is 65.2 Å². The van der Waals surface area contributed by atoms with Crippen LogP contribution in [-0.4, -0.2) is 18.7 Å². The second kappa shape index (κ2) is 6.71. The van der Waals surface area contributed by atoms with E-state index in [9.17, 15) is 9.59 Å². The third-order valence-corrected chi connectivity index (χ3v) is 6.30. The zero-order chi connectivity index (χ0) is 18.3. The summed E-state index contributed by atoms with van der Waals surface area (Å²) in [4.78, 5) is 24.9. The average molecular weight is 348 g/mol. The minimum atomic E-state index is 0.0466. The molecule has 0 unspecified atom stereocenters. The van der Waals surface area contributed by atoms with E-state index in [2.05, 4.69) is 12.1 Å². The lowest BCUT2D eigenvalue weighted by molar-refractivity contribution is 0.0852. The Hall–Kier alpha value is -2.42. The van der Waals surface area contributed by atoms with Crippen molar-refractivity contribution in [2.45, 2.75) is 32.1 Å². The van der Waals surface area contributed by atoms with Crippen LogP contribution in [0, 0.1) is 17.8 Å². The summed E-state index contributed by atoms with van der Waals surface area (Å²) in [6.45, 7) is 1.59. The lowest BCUT2D eigenvalue weighted by atomic mass is 9.72. The standard InChI is InChI=1S/C23H24O3/c1-14(24)15-3-5-16(6-4-15)21-18-7-8-19(13-18)22(21)23(25)17-9-11-20(26-2)12-10-17/h3-6,9-12,18-19,21-22H,7-8,13H2,1-2H3/t18-,19+,21+,22-/m1/s1. The van der Waals surface area contributed by atoms with Gasteiger partial charge in [0.15, 0.2) is 11.6 Å². The quantitative estimate of drug-likeness (QED) is 0.721. The molecule has 0 N–H and O–H groups in total. The molecular formula is C23H24O3. The normalized spacial score (nSPS) is 26.7. The predicted molar refractivity (Wildman–Crippen MR) is 101 cm³/mol. The van der Waals surface area contributed by atoms with Crippen molar-refractivity contribution in [1.29, 1.82) is 0 Å². The van der Waals surface area contributed by atoms with Gasteiger partial charge < -0.3 is 4.74 Å². The van der Waals surface area contributed by atoms with Crippen LogP contribution in [0.5, 0.6) is 5.75 Å². The van der Waals surface area contributed by atoms with Crippen LogP contribution in [0.15, 0.2) is 48.5 Å². The second-order valence-electron chi connectivity index (χ2n) is 7.66. The number of methoxy groups -OCH3 is 1.